The molecule has 0 radical (unpaired) electrons. The maximum atomic E-state index is 12.5. The predicted molar refractivity (Wildman–Crippen MR) is 96.5 cm³/mol. The van der Waals surface area contributed by atoms with Gasteiger partial charge < -0.3 is 14.6 Å². The van der Waals surface area contributed by atoms with E-state index in [0.717, 1.165) is 0 Å². The molecule has 2 aromatic heterocycles. The van der Waals surface area contributed by atoms with E-state index in [9.17, 15) is 14.4 Å². The number of fused-ring (bicyclic) bond motifs is 1. The molecule has 1 aromatic carbocycles. The minimum absolute atomic E-state index is 0.0241. The number of benzene rings is 1. The van der Waals surface area contributed by atoms with Gasteiger partial charge in [0, 0.05) is 11.5 Å². The van der Waals surface area contributed by atoms with Gasteiger partial charge in [-0.1, -0.05) is 23.4 Å². The van der Waals surface area contributed by atoms with Crippen molar-refractivity contribution in [3.05, 3.63) is 52.1 Å². The Labute approximate surface area is 153 Å². The van der Waals surface area contributed by atoms with Crippen molar-refractivity contribution in [2.45, 2.75) is 26.8 Å². The summed E-state index contributed by atoms with van der Waals surface area (Å²) in [5.41, 5.74) is -0.319. The molecule has 0 unspecified atom stereocenters. The highest BCUT2D eigenvalue weighted by atomic mass is 16.5. The standard InChI is InChI=1S/C18H18N4O5/c1-10(2)22-17(24)13-7-5-4-6-12(13)16(20-22)18(25)26-9-15(23)19-14-8-11(3)27-21-14/h4-8,10H,9H2,1-3H3,(H,19,21,23). The monoisotopic (exact) mass is 370 g/mol. The van der Waals surface area contributed by atoms with Crippen molar-refractivity contribution in [3.8, 4) is 0 Å². The summed E-state index contributed by atoms with van der Waals surface area (Å²) in [5.74, 6) is -0.607. The van der Waals surface area contributed by atoms with Gasteiger partial charge >= 0.3 is 5.97 Å². The number of anilines is 1. The van der Waals surface area contributed by atoms with Crippen LogP contribution in [0.1, 0.15) is 36.1 Å². The predicted octanol–water partition coefficient (Wildman–Crippen LogP) is 2.07. The summed E-state index contributed by atoms with van der Waals surface area (Å²) in [6.07, 6.45) is 0. The van der Waals surface area contributed by atoms with Crippen LogP contribution >= 0.6 is 0 Å². The van der Waals surface area contributed by atoms with Crippen LogP contribution in [0.15, 0.2) is 39.6 Å². The quantitative estimate of drug-likeness (QED) is 0.683. The summed E-state index contributed by atoms with van der Waals surface area (Å²) < 4.78 is 11.1. The number of hydrogen-bond acceptors (Lipinski definition) is 7. The van der Waals surface area contributed by atoms with E-state index in [2.05, 4.69) is 15.6 Å². The van der Waals surface area contributed by atoms with Gasteiger partial charge in [0.1, 0.15) is 5.76 Å². The van der Waals surface area contributed by atoms with E-state index >= 15 is 0 Å². The first-order chi connectivity index (χ1) is 12.9. The summed E-state index contributed by atoms with van der Waals surface area (Å²) in [6, 6.07) is 7.93. The van der Waals surface area contributed by atoms with E-state index in [1.54, 1.807) is 45.0 Å². The first-order valence-corrected chi connectivity index (χ1v) is 8.28. The molecule has 3 rings (SSSR count). The number of hydrogen-bond donors (Lipinski definition) is 1. The number of nitrogens with one attached hydrogen (secondary N) is 1. The van der Waals surface area contributed by atoms with Gasteiger partial charge in [0.05, 0.1) is 11.4 Å². The Hall–Kier alpha value is -3.49. The molecule has 0 saturated carbocycles. The lowest BCUT2D eigenvalue weighted by atomic mass is 10.1. The SMILES string of the molecule is Cc1cc(NC(=O)COC(=O)c2nn(C(C)C)c(=O)c3ccccc23)no1. The van der Waals surface area contributed by atoms with Gasteiger partial charge in [-0.2, -0.15) is 5.10 Å². The maximum absolute atomic E-state index is 12.5. The number of aromatic nitrogens is 3. The molecule has 9 nitrogen and oxygen atoms in total. The first-order valence-electron chi connectivity index (χ1n) is 8.28. The number of nitrogens with zero attached hydrogens (tertiary/aromatic N) is 3. The molecule has 0 atom stereocenters. The molecule has 0 aliphatic rings. The normalized spacial score (nSPS) is 11.0. The zero-order valence-corrected chi connectivity index (χ0v) is 15.1. The number of esters is 1. The molecule has 9 heteroatoms. The lowest BCUT2D eigenvalue weighted by molar-refractivity contribution is -0.119. The highest BCUT2D eigenvalue weighted by Crippen LogP contribution is 2.16. The van der Waals surface area contributed by atoms with Crippen LogP contribution in [-0.2, 0) is 9.53 Å². The molecule has 2 heterocycles. The third kappa shape index (κ3) is 3.86. The molecule has 0 fully saturated rings. The van der Waals surface area contributed by atoms with Crippen molar-refractivity contribution >= 4 is 28.5 Å². The maximum Gasteiger partial charge on any atom is 0.359 e. The number of rotatable bonds is 5. The third-order valence-corrected chi connectivity index (χ3v) is 3.74. The van der Waals surface area contributed by atoms with Crippen molar-refractivity contribution in [1.82, 2.24) is 14.9 Å². The molecule has 0 bridgehead atoms. The molecule has 27 heavy (non-hydrogen) atoms. The van der Waals surface area contributed by atoms with Gasteiger partial charge in [0.2, 0.25) is 0 Å². The van der Waals surface area contributed by atoms with Crippen LogP contribution in [0.5, 0.6) is 0 Å². The van der Waals surface area contributed by atoms with Crippen LogP contribution in [0.25, 0.3) is 10.8 Å². The summed E-state index contributed by atoms with van der Waals surface area (Å²) in [4.78, 5) is 36.9. The number of aryl methyl sites for hydroxylation is 1. The van der Waals surface area contributed by atoms with Gasteiger partial charge in [-0.3, -0.25) is 9.59 Å². The smallest absolute Gasteiger partial charge is 0.359 e. The molecule has 140 valence electrons. The van der Waals surface area contributed by atoms with E-state index in [1.165, 1.54) is 10.7 Å². The average Bonchev–Trinajstić information content (AvgIpc) is 3.04. The Morgan fingerprint density at radius 1 is 1.26 bits per heavy atom. The fourth-order valence-corrected chi connectivity index (χ4v) is 2.51. The first kappa shape index (κ1) is 18.3. The van der Waals surface area contributed by atoms with Gasteiger partial charge in [-0.25, -0.2) is 9.48 Å². The Balaban J connectivity index is 1.82. The second kappa shape index (κ2) is 7.40. The topological polar surface area (TPSA) is 116 Å². The van der Waals surface area contributed by atoms with E-state index in [1.807, 2.05) is 0 Å². The third-order valence-electron chi connectivity index (χ3n) is 3.74. The molecule has 0 saturated heterocycles. The lowest BCUT2D eigenvalue weighted by Crippen LogP contribution is -2.28. The van der Waals surface area contributed by atoms with E-state index in [0.29, 0.717) is 16.5 Å². The molecular weight excluding hydrogens is 352 g/mol. The Bertz CT molecular complexity index is 1070. The van der Waals surface area contributed by atoms with Crippen molar-refractivity contribution in [2.24, 2.45) is 0 Å². The number of ether oxygens (including phenoxy) is 1. The van der Waals surface area contributed by atoms with E-state index < -0.39 is 18.5 Å². The summed E-state index contributed by atoms with van der Waals surface area (Å²) in [7, 11) is 0. The zero-order valence-electron chi connectivity index (χ0n) is 15.1. The minimum atomic E-state index is -0.799. The molecule has 1 N–H and O–H groups in total. The van der Waals surface area contributed by atoms with Gasteiger partial charge in [-0.15, -0.1) is 0 Å². The summed E-state index contributed by atoms with van der Waals surface area (Å²) in [6.45, 7) is 4.72. The van der Waals surface area contributed by atoms with E-state index in [-0.39, 0.29) is 23.1 Å². The van der Waals surface area contributed by atoms with Crippen molar-refractivity contribution in [2.75, 3.05) is 11.9 Å². The largest absolute Gasteiger partial charge is 0.451 e. The van der Waals surface area contributed by atoms with Gasteiger partial charge in [0.25, 0.3) is 11.5 Å². The fraction of sp³-hybridized carbons (Fsp3) is 0.278. The van der Waals surface area contributed by atoms with Crippen molar-refractivity contribution in [3.63, 3.8) is 0 Å². The van der Waals surface area contributed by atoms with Gasteiger partial charge in [0.15, 0.2) is 18.1 Å². The highest BCUT2D eigenvalue weighted by Gasteiger charge is 2.20. The highest BCUT2D eigenvalue weighted by molar-refractivity contribution is 6.03. The molecule has 0 aliphatic carbocycles. The molecule has 0 aliphatic heterocycles. The Morgan fingerprint density at radius 2 is 1.96 bits per heavy atom. The molecular formula is C18H18N4O5. The van der Waals surface area contributed by atoms with Crippen LogP contribution in [-0.4, -0.2) is 33.4 Å². The number of amides is 1. The van der Waals surface area contributed by atoms with Crippen LogP contribution in [0.2, 0.25) is 0 Å². The second-order valence-corrected chi connectivity index (χ2v) is 6.18. The van der Waals surface area contributed by atoms with Crippen molar-refractivity contribution < 1.29 is 18.8 Å². The van der Waals surface area contributed by atoms with Crippen molar-refractivity contribution in [1.29, 1.82) is 0 Å². The average molecular weight is 370 g/mol. The summed E-state index contributed by atoms with van der Waals surface area (Å²) in [5, 5.41) is 10.9. The van der Waals surface area contributed by atoms with Crippen LogP contribution in [0, 0.1) is 6.92 Å². The van der Waals surface area contributed by atoms with Crippen LogP contribution < -0.4 is 10.9 Å². The Kier molecular flexibility index (Phi) is 5.02. The minimum Gasteiger partial charge on any atom is -0.451 e. The Morgan fingerprint density at radius 3 is 2.59 bits per heavy atom. The second-order valence-electron chi connectivity index (χ2n) is 6.18. The van der Waals surface area contributed by atoms with Crippen LogP contribution in [0.3, 0.4) is 0 Å². The van der Waals surface area contributed by atoms with Crippen LogP contribution in [0.4, 0.5) is 5.82 Å². The summed E-state index contributed by atoms with van der Waals surface area (Å²) >= 11 is 0. The number of carbonyl (C=O) groups is 2. The fourth-order valence-electron chi connectivity index (χ4n) is 2.51. The van der Waals surface area contributed by atoms with E-state index in [4.69, 9.17) is 9.26 Å². The lowest BCUT2D eigenvalue weighted by Gasteiger charge is -2.13. The molecule has 3 aromatic rings. The number of carbonyl (C=O) groups excluding carboxylic acids is 2. The molecule has 0 spiro atoms. The zero-order chi connectivity index (χ0) is 19.6. The van der Waals surface area contributed by atoms with Gasteiger partial charge in [-0.05, 0) is 26.8 Å². The molecule has 1 amide bonds.